The van der Waals surface area contributed by atoms with Crippen molar-refractivity contribution in [3.05, 3.63) is 28.8 Å². The Morgan fingerprint density at radius 1 is 1.32 bits per heavy atom. The summed E-state index contributed by atoms with van der Waals surface area (Å²) in [6.07, 6.45) is 0.223. The van der Waals surface area contributed by atoms with Crippen LogP contribution in [0.25, 0.3) is 0 Å². The molecular weight excluding hydrogens is 392 g/mol. The summed E-state index contributed by atoms with van der Waals surface area (Å²) < 4.78 is 31.2. The van der Waals surface area contributed by atoms with Gasteiger partial charge in [-0.1, -0.05) is 29.9 Å². The minimum atomic E-state index is -4.05. The van der Waals surface area contributed by atoms with Crippen LogP contribution < -0.4 is 10.0 Å². The number of hydrogen-bond acceptors (Lipinski definition) is 8. The van der Waals surface area contributed by atoms with E-state index in [1.54, 1.807) is 6.92 Å². The maximum atomic E-state index is 12.3. The van der Waals surface area contributed by atoms with Crippen LogP contribution in [0, 0.1) is 0 Å². The summed E-state index contributed by atoms with van der Waals surface area (Å²) >= 11 is 6.58. The number of hydrogen-bond donors (Lipinski definition) is 2. The average Bonchev–Trinajstić information content (AvgIpc) is 3.05. The van der Waals surface area contributed by atoms with E-state index in [9.17, 15) is 18.0 Å². The molecule has 0 aliphatic heterocycles. The van der Waals surface area contributed by atoms with E-state index in [4.69, 9.17) is 11.6 Å². The number of sulfonamides is 1. The fraction of sp³-hybridized carbons (Fsp3) is 0.231. The third kappa shape index (κ3) is 4.65. The quantitative estimate of drug-likeness (QED) is 0.557. The van der Waals surface area contributed by atoms with Crippen LogP contribution in [0.1, 0.15) is 23.7 Å². The van der Waals surface area contributed by atoms with Crippen molar-refractivity contribution in [3.8, 4) is 0 Å². The van der Waals surface area contributed by atoms with Gasteiger partial charge >= 0.3 is 5.97 Å². The molecule has 0 bridgehead atoms. The molecule has 0 aliphatic carbocycles. The number of nitrogens with zero attached hydrogens (tertiary/aromatic N) is 2. The molecule has 1 amide bonds. The van der Waals surface area contributed by atoms with E-state index in [0.717, 1.165) is 0 Å². The molecule has 0 saturated heterocycles. The van der Waals surface area contributed by atoms with Gasteiger partial charge in [0.25, 0.3) is 14.4 Å². The number of ether oxygens (including phenoxy) is 1. The van der Waals surface area contributed by atoms with Gasteiger partial charge < -0.3 is 10.1 Å². The van der Waals surface area contributed by atoms with Crippen LogP contribution in [0.2, 0.25) is 5.02 Å². The van der Waals surface area contributed by atoms with Crippen LogP contribution >= 0.6 is 22.9 Å². The topological polar surface area (TPSA) is 127 Å². The van der Waals surface area contributed by atoms with Crippen LogP contribution in [0.15, 0.2) is 22.5 Å². The SMILES string of the molecule is CCC(=O)Nc1nnc(S(=O)(=O)Nc2ccc(Cl)c(C(=O)OC)c2)s1. The van der Waals surface area contributed by atoms with Gasteiger partial charge in [-0.15, -0.1) is 10.2 Å². The summed E-state index contributed by atoms with van der Waals surface area (Å²) in [6.45, 7) is 1.65. The lowest BCUT2D eigenvalue weighted by molar-refractivity contribution is -0.115. The fourth-order valence-electron chi connectivity index (χ4n) is 1.63. The number of rotatable bonds is 6. The third-order valence-corrected chi connectivity index (χ3v) is 5.74. The summed E-state index contributed by atoms with van der Waals surface area (Å²) in [7, 11) is -2.87. The van der Waals surface area contributed by atoms with Crippen molar-refractivity contribution >= 4 is 55.7 Å². The Bertz CT molecular complexity index is 913. The molecule has 0 spiro atoms. The fourth-order valence-corrected chi connectivity index (χ4v) is 3.79. The molecule has 9 nitrogen and oxygen atoms in total. The zero-order valence-corrected chi connectivity index (χ0v) is 15.5. The number of carbonyl (C=O) groups is 2. The number of nitrogens with one attached hydrogen (secondary N) is 2. The van der Waals surface area contributed by atoms with Crippen molar-refractivity contribution in [1.82, 2.24) is 10.2 Å². The first-order valence-corrected chi connectivity index (χ1v) is 9.48. The second-order valence-corrected chi connectivity index (χ2v) is 7.81. The first-order chi connectivity index (χ1) is 11.8. The van der Waals surface area contributed by atoms with Crippen molar-refractivity contribution in [1.29, 1.82) is 0 Å². The standard InChI is InChI=1S/C13H13ClN4O5S2/c1-3-10(19)15-12-16-17-13(24-12)25(21,22)18-7-4-5-9(14)8(6-7)11(20)23-2/h4-6,18H,3H2,1-2H3,(H,15,16,19). The van der Waals surface area contributed by atoms with E-state index in [-0.39, 0.29) is 38.1 Å². The highest BCUT2D eigenvalue weighted by molar-refractivity contribution is 7.94. The number of halogens is 1. The number of benzene rings is 1. The van der Waals surface area contributed by atoms with Crippen LogP contribution in [-0.4, -0.2) is 37.6 Å². The first-order valence-electron chi connectivity index (χ1n) is 6.81. The zero-order chi connectivity index (χ0) is 18.6. The van der Waals surface area contributed by atoms with Crippen molar-refractivity contribution in [2.45, 2.75) is 17.7 Å². The monoisotopic (exact) mass is 404 g/mol. The highest BCUT2D eigenvalue weighted by Crippen LogP contribution is 2.25. The van der Waals surface area contributed by atoms with Crippen LogP contribution in [-0.2, 0) is 19.6 Å². The molecule has 0 fully saturated rings. The normalized spacial score (nSPS) is 11.0. The summed E-state index contributed by atoms with van der Waals surface area (Å²) in [4.78, 5) is 22.9. The maximum Gasteiger partial charge on any atom is 0.339 e. The smallest absolute Gasteiger partial charge is 0.339 e. The summed E-state index contributed by atoms with van der Waals surface area (Å²) in [5.41, 5.74) is 0.108. The largest absolute Gasteiger partial charge is 0.465 e. The Labute approximate surface area is 152 Å². The van der Waals surface area contributed by atoms with Crippen molar-refractivity contribution in [2.24, 2.45) is 0 Å². The lowest BCUT2D eigenvalue weighted by Gasteiger charge is -2.08. The van der Waals surface area contributed by atoms with E-state index < -0.39 is 16.0 Å². The molecule has 1 heterocycles. The predicted octanol–water partition coefficient (Wildman–Crippen LogP) is 2.13. The van der Waals surface area contributed by atoms with Crippen LogP contribution in [0.5, 0.6) is 0 Å². The molecule has 2 N–H and O–H groups in total. The van der Waals surface area contributed by atoms with Gasteiger partial charge in [0.15, 0.2) is 0 Å². The Hall–Kier alpha value is -2.24. The minimum Gasteiger partial charge on any atom is -0.465 e. The van der Waals surface area contributed by atoms with E-state index in [0.29, 0.717) is 11.3 Å². The number of carbonyl (C=O) groups excluding carboxylic acids is 2. The Morgan fingerprint density at radius 3 is 2.68 bits per heavy atom. The zero-order valence-electron chi connectivity index (χ0n) is 13.1. The lowest BCUT2D eigenvalue weighted by atomic mass is 10.2. The molecule has 0 saturated carbocycles. The van der Waals surface area contributed by atoms with E-state index in [1.807, 2.05) is 0 Å². The summed E-state index contributed by atoms with van der Waals surface area (Å²) in [5, 5.41) is 9.77. The Kier molecular flexibility index (Phi) is 5.93. The average molecular weight is 405 g/mol. The molecule has 1 aromatic heterocycles. The maximum absolute atomic E-state index is 12.3. The Balaban J connectivity index is 2.24. The van der Waals surface area contributed by atoms with Gasteiger partial charge in [0.05, 0.1) is 17.7 Å². The molecule has 0 atom stereocenters. The number of amides is 1. The van der Waals surface area contributed by atoms with Gasteiger partial charge in [0.2, 0.25) is 11.0 Å². The van der Waals surface area contributed by atoms with Gasteiger partial charge in [0.1, 0.15) is 0 Å². The number of esters is 1. The molecule has 0 radical (unpaired) electrons. The molecule has 134 valence electrons. The molecule has 2 aromatic rings. The third-order valence-electron chi connectivity index (χ3n) is 2.83. The van der Waals surface area contributed by atoms with E-state index in [2.05, 4.69) is 25.0 Å². The Morgan fingerprint density at radius 2 is 2.04 bits per heavy atom. The van der Waals surface area contributed by atoms with Crippen molar-refractivity contribution < 1.29 is 22.7 Å². The number of anilines is 2. The van der Waals surface area contributed by atoms with Gasteiger partial charge in [0, 0.05) is 12.1 Å². The predicted molar refractivity (Wildman–Crippen MR) is 92.4 cm³/mol. The van der Waals surface area contributed by atoms with Crippen molar-refractivity contribution in [2.75, 3.05) is 17.1 Å². The molecular formula is C13H13ClN4O5S2. The highest BCUT2D eigenvalue weighted by atomic mass is 35.5. The second-order valence-electron chi connectivity index (χ2n) is 4.57. The number of methoxy groups -OCH3 is 1. The lowest BCUT2D eigenvalue weighted by Crippen LogP contribution is -2.13. The second kappa shape index (κ2) is 7.76. The minimum absolute atomic E-state index is 0.0116. The van der Waals surface area contributed by atoms with E-state index >= 15 is 0 Å². The van der Waals surface area contributed by atoms with Crippen molar-refractivity contribution in [3.63, 3.8) is 0 Å². The van der Waals surface area contributed by atoms with Gasteiger partial charge in [-0.25, -0.2) is 4.79 Å². The molecule has 1 aromatic carbocycles. The first kappa shape index (κ1) is 19.1. The van der Waals surface area contributed by atoms with Gasteiger partial charge in [-0.2, -0.15) is 8.42 Å². The molecule has 0 aliphatic rings. The van der Waals surface area contributed by atoms with Crippen LogP contribution in [0.4, 0.5) is 10.8 Å². The van der Waals surface area contributed by atoms with E-state index in [1.165, 1.54) is 25.3 Å². The van der Waals surface area contributed by atoms with Crippen LogP contribution in [0.3, 0.4) is 0 Å². The van der Waals surface area contributed by atoms with Gasteiger partial charge in [-0.05, 0) is 18.2 Å². The molecule has 0 unspecified atom stereocenters. The number of aromatic nitrogens is 2. The summed E-state index contributed by atoms with van der Waals surface area (Å²) in [6, 6.07) is 3.98. The molecule has 25 heavy (non-hydrogen) atoms. The molecule has 2 rings (SSSR count). The highest BCUT2D eigenvalue weighted by Gasteiger charge is 2.22. The van der Waals surface area contributed by atoms with Gasteiger partial charge in [-0.3, -0.25) is 9.52 Å². The summed E-state index contributed by atoms with van der Waals surface area (Å²) in [5.74, 6) is -1.01. The molecule has 12 heteroatoms.